The molecule has 144 valence electrons. The van der Waals surface area contributed by atoms with E-state index in [9.17, 15) is 18.0 Å². The number of carbonyl (C=O) groups excluding carboxylic acids is 1. The maximum Gasteiger partial charge on any atom is 0.410 e. The third kappa shape index (κ3) is 3.30. The molecular formula is C18H25F3N4O. The highest BCUT2D eigenvalue weighted by atomic mass is 19.4. The number of rotatable bonds is 3. The van der Waals surface area contributed by atoms with E-state index in [0.717, 1.165) is 36.9 Å². The highest BCUT2D eigenvalue weighted by Gasteiger charge is 2.46. The quantitative estimate of drug-likeness (QED) is 0.883. The van der Waals surface area contributed by atoms with Crippen LogP contribution in [0.25, 0.3) is 0 Å². The number of amides is 1. The van der Waals surface area contributed by atoms with E-state index in [0.29, 0.717) is 24.5 Å². The van der Waals surface area contributed by atoms with E-state index in [1.807, 2.05) is 11.8 Å². The molecule has 2 aliphatic heterocycles. The second kappa shape index (κ2) is 6.46. The van der Waals surface area contributed by atoms with Crippen LogP contribution >= 0.6 is 0 Å². The molecule has 1 N–H and O–H groups in total. The summed E-state index contributed by atoms with van der Waals surface area (Å²) in [7, 11) is 0. The molecule has 0 bridgehead atoms. The van der Waals surface area contributed by atoms with E-state index >= 15 is 0 Å². The van der Waals surface area contributed by atoms with Crippen molar-refractivity contribution in [1.29, 1.82) is 0 Å². The molecule has 3 heterocycles. The zero-order valence-corrected chi connectivity index (χ0v) is 14.9. The van der Waals surface area contributed by atoms with Gasteiger partial charge in [0.05, 0.1) is 5.69 Å². The van der Waals surface area contributed by atoms with Crippen molar-refractivity contribution in [2.45, 2.75) is 69.6 Å². The van der Waals surface area contributed by atoms with Crippen molar-refractivity contribution in [2.75, 3.05) is 18.4 Å². The molecule has 1 aromatic rings. The largest absolute Gasteiger partial charge is 0.410 e. The first-order valence-corrected chi connectivity index (χ1v) is 9.58. The summed E-state index contributed by atoms with van der Waals surface area (Å²) in [5, 5.41) is 7.53. The number of aromatic nitrogens is 2. The summed E-state index contributed by atoms with van der Waals surface area (Å²) in [5.41, 5.74) is 0.673. The van der Waals surface area contributed by atoms with Gasteiger partial charge in [0, 0.05) is 37.0 Å². The number of nitrogens with zero attached hydrogens (tertiary/aromatic N) is 3. The second-order valence-corrected chi connectivity index (χ2v) is 7.84. The van der Waals surface area contributed by atoms with Crippen LogP contribution < -0.4 is 5.32 Å². The topological polar surface area (TPSA) is 50.2 Å². The summed E-state index contributed by atoms with van der Waals surface area (Å²) in [6.07, 6.45) is -0.0000807. The van der Waals surface area contributed by atoms with Gasteiger partial charge < -0.3 is 10.2 Å². The molecule has 3 aliphatic rings. The molecule has 0 spiro atoms. The molecule has 0 aromatic carbocycles. The van der Waals surface area contributed by atoms with Crippen LogP contribution in [0.5, 0.6) is 0 Å². The van der Waals surface area contributed by atoms with E-state index in [2.05, 4.69) is 10.4 Å². The van der Waals surface area contributed by atoms with E-state index in [4.69, 9.17) is 0 Å². The molecule has 3 atom stereocenters. The number of hydrogen-bond donors (Lipinski definition) is 1. The van der Waals surface area contributed by atoms with Crippen LogP contribution in [0.4, 0.5) is 19.0 Å². The molecule has 2 fully saturated rings. The summed E-state index contributed by atoms with van der Waals surface area (Å²) >= 11 is 0. The smallest absolute Gasteiger partial charge is 0.367 e. The maximum absolute atomic E-state index is 13.5. The molecule has 0 radical (unpaired) electrons. The van der Waals surface area contributed by atoms with Crippen LogP contribution in [-0.2, 0) is 4.79 Å². The van der Waals surface area contributed by atoms with Crippen molar-refractivity contribution in [3.05, 3.63) is 11.8 Å². The van der Waals surface area contributed by atoms with Crippen molar-refractivity contribution in [1.82, 2.24) is 14.7 Å². The molecule has 1 amide bonds. The lowest BCUT2D eigenvalue weighted by Gasteiger charge is -2.33. The Morgan fingerprint density at radius 2 is 2.12 bits per heavy atom. The number of anilines is 1. The fraction of sp³-hybridized carbons (Fsp3) is 0.778. The van der Waals surface area contributed by atoms with Gasteiger partial charge in [-0.05, 0) is 38.5 Å². The van der Waals surface area contributed by atoms with Crippen LogP contribution in [0.15, 0.2) is 6.07 Å². The molecule has 26 heavy (non-hydrogen) atoms. The SMILES string of the molecule is CC[C@@H]1C[C@H](C(F)(F)F)n2nc([C@@H]3CCCN(C(=O)C4CC4)C3)cc2N1. The van der Waals surface area contributed by atoms with E-state index in [1.165, 1.54) is 0 Å². The molecule has 1 aliphatic carbocycles. The lowest BCUT2D eigenvalue weighted by Crippen LogP contribution is -2.40. The van der Waals surface area contributed by atoms with Gasteiger partial charge in [0.15, 0.2) is 6.04 Å². The monoisotopic (exact) mass is 370 g/mol. The van der Waals surface area contributed by atoms with Gasteiger partial charge in [-0.2, -0.15) is 18.3 Å². The van der Waals surface area contributed by atoms with Gasteiger partial charge in [-0.25, -0.2) is 4.68 Å². The maximum atomic E-state index is 13.5. The number of likely N-dealkylation sites (tertiary alicyclic amines) is 1. The van der Waals surface area contributed by atoms with Gasteiger partial charge >= 0.3 is 6.18 Å². The Bertz CT molecular complexity index is 682. The van der Waals surface area contributed by atoms with E-state index in [-0.39, 0.29) is 30.2 Å². The van der Waals surface area contributed by atoms with Crippen molar-refractivity contribution < 1.29 is 18.0 Å². The minimum atomic E-state index is -4.31. The molecule has 5 nitrogen and oxygen atoms in total. The number of halogens is 3. The van der Waals surface area contributed by atoms with Gasteiger partial charge in [0.2, 0.25) is 5.91 Å². The number of fused-ring (bicyclic) bond motifs is 1. The lowest BCUT2D eigenvalue weighted by atomic mass is 9.94. The van der Waals surface area contributed by atoms with Crippen molar-refractivity contribution in [3.8, 4) is 0 Å². The Morgan fingerprint density at radius 3 is 2.77 bits per heavy atom. The fourth-order valence-electron chi connectivity index (χ4n) is 4.14. The molecule has 8 heteroatoms. The van der Waals surface area contributed by atoms with Gasteiger partial charge in [-0.1, -0.05) is 6.92 Å². The third-order valence-corrected chi connectivity index (χ3v) is 5.86. The first-order chi connectivity index (χ1) is 12.4. The number of piperidine rings is 1. The summed E-state index contributed by atoms with van der Waals surface area (Å²) in [4.78, 5) is 14.2. The van der Waals surface area contributed by atoms with Crippen molar-refractivity contribution >= 4 is 11.7 Å². The Balaban J connectivity index is 1.56. The van der Waals surface area contributed by atoms with Gasteiger partial charge in [-0.15, -0.1) is 0 Å². The van der Waals surface area contributed by atoms with Gasteiger partial charge in [0.25, 0.3) is 0 Å². The van der Waals surface area contributed by atoms with Gasteiger partial charge in [0.1, 0.15) is 5.82 Å². The Morgan fingerprint density at radius 1 is 1.35 bits per heavy atom. The average molecular weight is 370 g/mol. The molecule has 4 rings (SSSR count). The standard InChI is InChI=1S/C18H25F3N4O/c1-2-13-8-15(18(19,20)21)25-16(22-13)9-14(23-25)12-4-3-7-24(10-12)17(26)11-5-6-11/h9,11-13,15,22H,2-8,10H2,1H3/t12-,13-,15-/m1/s1. The summed E-state index contributed by atoms with van der Waals surface area (Å²) < 4.78 is 41.6. The summed E-state index contributed by atoms with van der Waals surface area (Å²) in [6.45, 7) is 3.21. The van der Waals surface area contributed by atoms with Crippen LogP contribution in [0.1, 0.15) is 63.1 Å². The zero-order valence-electron chi connectivity index (χ0n) is 14.9. The highest BCUT2D eigenvalue weighted by Crippen LogP contribution is 2.41. The van der Waals surface area contributed by atoms with Crippen LogP contribution in [0.3, 0.4) is 0 Å². The first-order valence-electron chi connectivity index (χ1n) is 9.58. The van der Waals surface area contributed by atoms with Gasteiger partial charge in [-0.3, -0.25) is 4.79 Å². The Labute approximate surface area is 150 Å². The van der Waals surface area contributed by atoms with Crippen LogP contribution in [-0.4, -0.2) is 45.9 Å². The second-order valence-electron chi connectivity index (χ2n) is 7.84. The molecule has 1 aromatic heterocycles. The minimum Gasteiger partial charge on any atom is -0.367 e. The summed E-state index contributed by atoms with van der Waals surface area (Å²) in [5.74, 6) is 0.841. The van der Waals surface area contributed by atoms with Crippen LogP contribution in [0.2, 0.25) is 0 Å². The molecule has 0 unspecified atom stereocenters. The van der Waals surface area contributed by atoms with Crippen molar-refractivity contribution in [3.63, 3.8) is 0 Å². The van der Waals surface area contributed by atoms with E-state index in [1.54, 1.807) is 6.07 Å². The molecular weight excluding hydrogens is 345 g/mol. The fourth-order valence-corrected chi connectivity index (χ4v) is 4.14. The summed E-state index contributed by atoms with van der Waals surface area (Å²) in [6, 6.07) is -0.0146. The van der Waals surface area contributed by atoms with E-state index < -0.39 is 12.2 Å². The normalized spacial score (nSPS) is 29.2. The van der Waals surface area contributed by atoms with Crippen molar-refractivity contribution in [2.24, 2.45) is 5.92 Å². The number of alkyl halides is 3. The minimum absolute atomic E-state index is 0.00504. The number of carbonyl (C=O) groups is 1. The number of hydrogen-bond acceptors (Lipinski definition) is 3. The highest BCUT2D eigenvalue weighted by molar-refractivity contribution is 5.81. The van der Waals surface area contributed by atoms with Crippen LogP contribution in [0, 0.1) is 5.92 Å². The lowest BCUT2D eigenvalue weighted by molar-refractivity contribution is -0.173. The first kappa shape index (κ1) is 17.7. The predicted molar refractivity (Wildman–Crippen MR) is 90.9 cm³/mol. The molecule has 1 saturated carbocycles. The Kier molecular flexibility index (Phi) is 4.39. The number of nitrogens with one attached hydrogen (secondary N) is 1. The Hall–Kier alpha value is -1.73. The zero-order chi connectivity index (χ0) is 18.5. The predicted octanol–water partition coefficient (Wildman–Crippen LogP) is 3.70. The third-order valence-electron chi connectivity index (χ3n) is 5.86. The average Bonchev–Trinajstić information content (AvgIpc) is 3.38. The molecule has 1 saturated heterocycles.